The minimum atomic E-state index is -0.552. The van der Waals surface area contributed by atoms with E-state index in [1.165, 1.54) is 0 Å². The van der Waals surface area contributed by atoms with Crippen molar-refractivity contribution in [3.8, 4) is 0 Å². The van der Waals surface area contributed by atoms with Gasteiger partial charge in [-0.25, -0.2) is 4.79 Å². The lowest BCUT2D eigenvalue weighted by Crippen LogP contribution is -2.41. The molecule has 0 bridgehead atoms. The molecule has 118 valence electrons. The highest BCUT2D eigenvalue weighted by Gasteiger charge is 2.28. The molecule has 1 N–H and O–H groups in total. The van der Waals surface area contributed by atoms with Crippen molar-refractivity contribution in [3.05, 3.63) is 0 Å². The molecule has 0 saturated carbocycles. The van der Waals surface area contributed by atoms with Gasteiger partial charge in [0.05, 0.1) is 5.92 Å². The summed E-state index contributed by atoms with van der Waals surface area (Å²) in [6.45, 7) is 14.9. The second kappa shape index (κ2) is 6.95. The number of rotatable bonds is 4. The number of amides is 1. The van der Waals surface area contributed by atoms with E-state index in [0.29, 0.717) is 0 Å². The van der Waals surface area contributed by atoms with Crippen LogP contribution >= 0.6 is 0 Å². The van der Waals surface area contributed by atoms with Gasteiger partial charge >= 0.3 is 12.1 Å². The van der Waals surface area contributed by atoms with Crippen molar-refractivity contribution in [1.29, 1.82) is 0 Å². The van der Waals surface area contributed by atoms with Gasteiger partial charge in [0.15, 0.2) is 0 Å². The predicted molar refractivity (Wildman–Crippen MR) is 78.4 cm³/mol. The van der Waals surface area contributed by atoms with E-state index in [1.54, 1.807) is 20.8 Å². The Hall–Kier alpha value is -1.26. The zero-order chi connectivity index (χ0) is 16.1. The van der Waals surface area contributed by atoms with E-state index in [9.17, 15) is 9.59 Å². The second-order valence-corrected chi connectivity index (χ2v) is 7.27. The summed E-state index contributed by atoms with van der Waals surface area (Å²) in [6, 6.07) is 0. The molecule has 20 heavy (non-hydrogen) atoms. The molecule has 0 fully saturated rings. The maximum Gasteiger partial charge on any atom is 0.407 e. The van der Waals surface area contributed by atoms with E-state index in [2.05, 4.69) is 5.32 Å². The number of carbonyl (C=O) groups is 2. The maximum atomic E-state index is 12.1. The third kappa shape index (κ3) is 8.77. The number of alkyl carbamates (subject to hydrolysis) is 1. The van der Waals surface area contributed by atoms with E-state index in [-0.39, 0.29) is 24.3 Å². The van der Waals surface area contributed by atoms with Gasteiger partial charge in [-0.05, 0) is 47.5 Å². The normalized spacial score (nSPS) is 13.8. The highest BCUT2D eigenvalue weighted by molar-refractivity contribution is 5.75. The summed E-state index contributed by atoms with van der Waals surface area (Å²) in [5.41, 5.74) is -1.08. The van der Waals surface area contributed by atoms with Crippen molar-refractivity contribution < 1.29 is 19.1 Å². The molecule has 5 heteroatoms. The highest BCUT2D eigenvalue weighted by atomic mass is 16.6. The molecule has 0 aliphatic heterocycles. The minimum Gasteiger partial charge on any atom is -0.460 e. The molecule has 0 radical (unpaired) electrons. The molecular formula is C15H29NO4. The van der Waals surface area contributed by atoms with Crippen LogP contribution in [0.2, 0.25) is 0 Å². The molecular weight excluding hydrogens is 258 g/mol. The number of nitrogens with one attached hydrogen (secondary N) is 1. The van der Waals surface area contributed by atoms with Gasteiger partial charge < -0.3 is 14.8 Å². The van der Waals surface area contributed by atoms with Crippen LogP contribution in [0.5, 0.6) is 0 Å². The molecule has 0 rings (SSSR count). The van der Waals surface area contributed by atoms with Crippen LogP contribution in [0.4, 0.5) is 4.79 Å². The summed E-state index contributed by atoms with van der Waals surface area (Å²) in [5, 5.41) is 2.63. The fraction of sp³-hybridized carbons (Fsp3) is 0.867. The van der Waals surface area contributed by atoms with Crippen molar-refractivity contribution in [3.63, 3.8) is 0 Å². The minimum absolute atomic E-state index is 0.0692. The van der Waals surface area contributed by atoms with Gasteiger partial charge in [-0.1, -0.05) is 13.8 Å². The van der Waals surface area contributed by atoms with Gasteiger partial charge in [0.1, 0.15) is 11.2 Å². The Balaban J connectivity index is 4.50. The quantitative estimate of drug-likeness (QED) is 0.807. The number of ether oxygens (including phenoxy) is 2. The first-order valence-electron chi connectivity index (χ1n) is 7.01. The number of hydrogen-bond acceptors (Lipinski definition) is 4. The van der Waals surface area contributed by atoms with Gasteiger partial charge in [-0.15, -0.1) is 0 Å². The summed E-state index contributed by atoms with van der Waals surface area (Å²) in [7, 11) is 0. The average Bonchev–Trinajstić information content (AvgIpc) is 2.10. The average molecular weight is 287 g/mol. The van der Waals surface area contributed by atoms with E-state index >= 15 is 0 Å². The third-order valence-corrected chi connectivity index (χ3v) is 2.38. The molecule has 0 aromatic rings. The van der Waals surface area contributed by atoms with E-state index in [1.807, 2.05) is 34.6 Å². The largest absolute Gasteiger partial charge is 0.460 e. The molecule has 0 aromatic heterocycles. The molecule has 5 nitrogen and oxygen atoms in total. The smallest absolute Gasteiger partial charge is 0.407 e. The standard InChI is InChI=1S/C15H29NO4/c1-10(2)11(12(17)19-14(3,4)5)9-16-13(18)20-15(6,7)8/h10-11H,9H2,1-8H3,(H,16,18). The monoisotopic (exact) mass is 287 g/mol. The molecule has 0 aliphatic carbocycles. The van der Waals surface area contributed by atoms with Crippen molar-refractivity contribution in [2.24, 2.45) is 11.8 Å². The Morgan fingerprint density at radius 3 is 1.75 bits per heavy atom. The summed E-state index contributed by atoms with van der Waals surface area (Å²) in [4.78, 5) is 23.7. The van der Waals surface area contributed by atoms with Gasteiger partial charge in [-0.2, -0.15) is 0 Å². The SMILES string of the molecule is CC(C)C(CNC(=O)OC(C)(C)C)C(=O)OC(C)(C)C. The Labute approximate surface area is 122 Å². The zero-order valence-electron chi connectivity index (χ0n) is 14.0. The highest BCUT2D eigenvalue weighted by Crippen LogP contribution is 2.17. The van der Waals surface area contributed by atoms with Crippen molar-refractivity contribution in [2.75, 3.05) is 6.54 Å². The fourth-order valence-electron chi connectivity index (χ4n) is 1.48. The molecule has 1 amide bonds. The molecule has 0 aromatic carbocycles. The second-order valence-electron chi connectivity index (χ2n) is 7.27. The molecule has 1 atom stereocenters. The lowest BCUT2D eigenvalue weighted by atomic mass is 9.95. The molecule has 0 heterocycles. The topological polar surface area (TPSA) is 64.6 Å². The predicted octanol–water partition coefficient (Wildman–Crippen LogP) is 3.13. The van der Waals surface area contributed by atoms with Crippen molar-refractivity contribution >= 4 is 12.1 Å². The molecule has 0 aliphatic rings. The van der Waals surface area contributed by atoms with Gasteiger partial charge in [0, 0.05) is 6.54 Å². The van der Waals surface area contributed by atoms with Crippen LogP contribution in [-0.2, 0) is 14.3 Å². The first-order chi connectivity index (χ1) is 8.82. The maximum absolute atomic E-state index is 12.1. The van der Waals surface area contributed by atoms with E-state index in [0.717, 1.165) is 0 Å². The van der Waals surface area contributed by atoms with Crippen LogP contribution < -0.4 is 5.32 Å². The van der Waals surface area contributed by atoms with Crippen LogP contribution in [0.25, 0.3) is 0 Å². The van der Waals surface area contributed by atoms with Crippen LogP contribution in [0.15, 0.2) is 0 Å². The van der Waals surface area contributed by atoms with E-state index in [4.69, 9.17) is 9.47 Å². The number of esters is 1. The van der Waals surface area contributed by atoms with Gasteiger partial charge in [0.25, 0.3) is 0 Å². The van der Waals surface area contributed by atoms with Crippen LogP contribution in [0.3, 0.4) is 0 Å². The van der Waals surface area contributed by atoms with E-state index < -0.39 is 17.3 Å². The fourth-order valence-corrected chi connectivity index (χ4v) is 1.48. The lowest BCUT2D eigenvalue weighted by Gasteiger charge is -2.26. The number of hydrogen-bond donors (Lipinski definition) is 1. The lowest BCUT2D eigenvalue weighted by molar-refractivity contribution is -0.161. The zero-order valence-corrected chi connectivity index (χ0v) is 14.0. The Bertz CT molecular complexity index is 337. The Morgan fingerprint density at radius 2 is 1.40 bits per heavy atom. The third-order valence-electron chi connectivity index (χ3n) is 2.38. The van der Waals surface area contributed by atoms with Gasteiger partial charge in [-0.3, -0.25) is 4.79 Å². The molecule has 0 spiro atoms. The van der Waals surface area contributed by atoms with Crippen LogP contribution in [-0.4, -0.2) is 29.8 Å². The molecule has 1 unspecified atom stereocenters. The summed E-state index contributed by atoms with van der Waals surface area (Å²) in [5.74, 6) is -0.620. The van der Waals surface area contributed by atoms with Crippen LogP contribution in [0, 0.1) is 11.8 Å². The van der Waals surface area contributed by atoms with Crippen LogP contribution in [0.1, 0.15) is 55.4 Å². The Morgan fingerprint density at radius 1 is 0.950 bits per heavy atom. The van der Waals surface area contributed by atoms with Gasteiger partial charge in [0.2, 0.25) is 0 Å². The summed E-state index contributed by atoms with van der Waals surface area (Å²) in [6.07, 6.45) is -0.522. The first kappa shape index (κ1) is 18.7. The first-order valence-corrected chi connectivity index (χ1v) is 7.01. The summed E-state index contributed by atoms with van der Waals surface area (Å²) >= 11 is 0. The Kier molecular flexibility index (Phi) is 6.51. The van der Waals surface area contributed by atoms with Crippen molar-refractivity contribution in [2.45, 2.75) is 66.6 Å². The molecule has 0 saturated heterocycles. The number of carbonyl (C=O) groups excluding carboxylic acids is 2. The van der Waals surface area contributed by atoms with Crippen molar-refractivity contribution in [1.82, 2.24) is 5.32 Å². The summed E-state index contributed by atoms with van der Waals surface area (Å²) < 4.78 is 10.5.